The van der Waals surface area contributed by atoms with Crippen molar-refractivity contribution in [2.24, 2.45) is 0 Å². The second kappa shape index (κ2) is 6.96. The molecule has 0 fully saturated rings. The molecule has 108 valence electrons. The SMILES string of the molecule is O=C(C=Cc1ccccc1)c1scc[n+]1Cc1ccccc1. The number of rotatable bonds is 5. The number of hydrogen-bond donors (Lipinski definition) is 0. The van der Waals surface area contributed by atoms with Crippen molar-refractivity contribution in [3.63, 3.8) is 0 Å². The van der Waals surface area contributed by atoms with Crippen LogP contribution in [-0.4, -0.2) is 5.78 Å². The zero-order chi connectivity index (χ0) is 15.2. The van der Waals surface area contributed by atoms with Gasteiger partial charge in [-0.05, 0) is 11.6 Å². The molecule has 2 nitrogen and oxygen atoms in total. The van der Waals surface area contributed by atoms with Gasteiger partial charge in [0.15, 0.2) is 12.7 Å². The van der Waals surface area contributed by atoms with Gasteiger partial charge >= 0.3 is 5.01 Å². The Morgan fingerprint density at radius 1 is 1.00 bits per heavy atom. The predicted octanol–water partition coefficient (Wildman–Crippen LogP) is 3.98. The number of carbonyl (C=O) groups excluding carboxylic acids is 1. The number of benzene rings is 2. The normalized spacial score (nSPS) is 10.9. The zero-order valence-corrected chi connectivity index (χ0v) is 12.9. The highest BCUT2D eigenvalue weighted by molar-refractivity contribution is 7.11. The maximum absolute atomic E-state index is 12.4. The van der Waals surface area contributed by atoms with Crippen LogP contribution in [0.15, 0.2) is 78.3 Å². The molecule has 22 heavy (non-hydrogen) atoms. The Kier molecular flexibility index (Phi) is 4.56. The summed E-state index contributed by atoms with van der Waals surface area (Å²) in [7, 11) is 0. The van der Waals surface area contributed by atoms with Crippen molar-refractivity contribution in [1.29, 1.82) is 0 Å². The van der Waals surface area contributed by atoms with E-state index in [0.29, 0.717) is 6.54 Å². The molecule has 3 rings (SSSR count). The monoisotopic (exact) mass is 306 g/mol. The van der Waals surface area contributed by atoms with Crippen molar-refractivity contribution in [1.82, 2.24) is 0 Å². The molecular formula is C19H16NOS+. The predicted molar refractivity (Wildman–Crippen MR) is 89.9 cm³/mol. The fraction of sp³-hybridized carbons (Fsp3) is 0.0526. The smallest absolute Gasteiger partial charge is 0.281 e. The van der Waals surface area contributed by atoms with E-state index in [-0.39, 0.29) is 5.78 Å². The van der Waals surface area contributed by atoms with Crippen molar-refractivity contribution in [2.45, 2.75) is 6.54 Å². The molecule has 0 atom stereocenters. The van der Waals surface area contributed by atoms with E-state index in [9.17, 15) is 4.79 Å². The molecule has 0 unspecified atom stereocenters. The minimum atomic E-state index is 0.0368. The summed E-state index contributed by atoms with van der Waals surface area (Å²) in [5, 5.41) is 2.70. The summed E-state index contributed by atoms with van der Waals surface area (Å²) in [5.41, 5.74) is 2.22. The minimum Gasteiger partial charge on any atom is -0.281 e. The Labute approximate surface area is 134 Å². The Morgan fingerprint density at radius 2 is 1.68 bits per heavy atom. The van der Waals surface area contributed by atoms with Crippen molar-refractivity contribution >= 4 is 23.2 Å². The lowest BCUT2D eigenvalue weighted by Gasteiger charge is -1.97. The molecule has 0 aliphatic rings. The van der Waals surface area contributed by atoms with E-state index in [1.807, 2.05) is 70.8 Å². The highest BCUT2D eigenvalue weighted by Gasteiger charge is 2.19. The molecule has 0 aliphatic heterocycles. The lowest BCUT2D eigenvalue weighted by Crippen LogP contribution is -2.37. The Morgan fingerprint density at radius 3 is 2.41 bits per heavy atom. The third-order valence-corrected chi connectivity index (χ3v) is 4.23. The number of ketones is 1. The molecule has 2 aromatic carbocycles. The van der Waals surface area contributed by atoms with Crippen LogP contribution in [0.25, 0.3) is 6.08 Å². The van der Waals surface area contributed by atoms with E-state index < -0.39 is 0 Å². The van der Waals surface area contributed by atoms with Crippen molar-refractivity contribution in [3.8, 4) is 0 Å². The highest BCUT2D eigenvalue weighted by Crippen LogP contribution is 2.09. The number of aromatic nitrogens is 1. The maximum atomic E-state index is 12.4. The Balaban J connectivity index is 1.77. The van der Waals surface area contributed by atoms with Crippen LogP contribution in [0, 0.1) is 0 Å². The van der Waals surface area contributed by atoms with Crippen LogP contribution in [-0.2, 0) is 6.54 Å². The van der Waals surface area contributed by atoms with Crippen molar-refractivity contribution in [3.05, 3.63) is 94.5 Å². The molecule has 1 heterocycles. The summed E-state index contributed by atoms with van der Waals surface area (Å²) in [4.78, 5) is 12.4. The first-order valence-electron chi connectivity index (χ1n) is 7.11. The van der Waals surface area contributed by atoms with Crippen LogP contribution >= 0.6 is 11.3 Å². The lowest BCUT2D eigenvalue weighted by atomic mass is 10.2. The van der Waals surface area contributed by atoms with Crippen LogP contribution < -0.4 is 4.57 Å². The standard InChI is InChI=1S/C19H16NOS/c21-18(12-11-16-7-3-1-4-8-16)19-20(13-14-22-19)15-17-9-5-2-6-10-17/h1-14H,15H2/q+1. The van der Waals surface area contributed by atoms with Gasteiger partial charge in [-0.15, -0.1) is 0 Å². The fourth-order valence-corrected chi connectivity index (χ4v) is 3.00. The van der Waals surface area contributed by atoms with Gasteiger partial charge in [0.1, 0.15) is 0 Å². The summed E-state index contributed by atoms with van der Waals surface area (Å²) >= 11 is 1.47. The second-order valence-corrected chi connectivity index (χ2v) is 5.82. The maximum Gasteiger partial charge on any atom is 0.310 e. The number of nitrogens with zero attached hydrogens (tertiary/aromatic N) is 1. The van der Waals surface area contributed by atoms with Crippen molar-refractivity contribution < 1.29 is 9.36 Å². The fourth-order valence-electron chi connectivity index (χ4n) is 2.22. The van der Waals surface area contributed by atoms with Crippen LogP contribution in [0.2, 0.25) is 0 Å². The van der Waals surface area contributed by atoms with Gasteiger partial charge < -0.3 is 0 Å². The first kappa shape index (κ1) is 14.4. The molecule has 0 bridgehead atoms. The Hall–Kier alpha value is -2.52. The van der Waals surface area contributed by atoms with E-state index in [1.165, 1.54) is 16.9 Å². The molecule has 0 saturated heterocycles. The minimum absolute atomic E-state index is 0.0368. The quantitative estimate of drug-likeness (QED) is 0.397. The molecule has 3 aromatic rings. The molecule has 0 spiro atoms. The van der Waals surface area contributed by atoms with Crippen LogP contribution in [0.3, 0.4) is 0 Å². The number of thiazole rings is 1. The van der Waals surface area contributed by atoms with Crippen LogP contribution in [0.1, 0.15) is 20.9 Å². The van der Waals surface area contributed by atoms with Gasteiger partial charge in [0.25, 0.3) is 5.78 Å². The largest absolute Gasteiger partial charge is 0.310 e. The molecule has 1 aromatic heterocycles. The van der Waals surface area contributed by atoms with Crippen molar-refractivity contribution in [2.75, 3.05) is 0 Å². The third-order valence-electron chi connectivity index (χ3n) is 3.31. The molecule has 0 amide bonds. The Bertz CT molecular complexity index is 775. The molecule has 0 saturated carbocycles. The summed E-state index contributed by atoms with van der Waals surface area (Å²) in [6.45, 7) is 0.713. The molecule has 3 heteroatoms. The number of allylic oxidation sites excluding steroid dienone is 1. The number of hydrogen-bond acceptors (Lipinski definition) is 2. The average molecular weight is 306 g/mol. The van der Waals surface area contributed by atoms with E-state index in [0.717, 1.165) is 10.6 Å². The van der Waals surface area contributed by atoms with Gasteiger partial charge in [0.2, 0.25) is 0 Å². The first-order chi connectivity index (χ1) is 10.8. The molecule has 0 N–H and O–H groups in total. The third kappa shape index (κ3) is 3.57. The topological polar surface area (TPSA) is 20.9 Å². The molecule has 0 aliphatic carbocycles. The van der Waals surface area contributed by atoms with Gasteiger partial charge in [-0.1, -0.05) is 78.1 Å². The lowest BCUT2D eigenvalue weighted by molar-refractivity contribution is -0.685. The van der Waals surface area contributed by atoms with Crippen LogP contribution in [0.4, 0.5) is 0 Å². The average Bonchev–Trinajstić information content (AvgIpc) is 3.03. The van der Waals surface area contributed by atoms with E-state index in [1.54, 1.807) is 6.08 Å². The number of carbonyl (C=O) groups is 1. The van der Waals surface area contributed by atoms with Gasteiger partial charge in [-0.3, -0.25) is 4.79 Å². The zero-order valence-electron chi connectivity index (χ0n) is 12.1. The summed E-state index contributed by atoms with van der Waals surface area (Å²) in [5.74, 6) is 0.0368. The summed E-state index contributed by atoms with van der Waals surface area (Å²) in [6, 6.07) is 20.0. The second-order valence-electron chi connectivity index (χ2n) is 4.93. The van der Waals surface area contributed by atoms with E-state index >= 15 is 0 Å². The van der Waals surface area contributed by atoms with E-state index in [2.05, 4.69) is 12.1 Å². The van der Waals surface area contributed by atoms with Gasteiger partial charge in [0, 0.05) is 5.56 Å². The van der Waals surface area contributed by atoms with E-state index in [4.69, 9.17) is 0 Å². The van der Waals surface area contributed by atoms with Gasteiger partial charge in [-0.2, -0.15) is 4.57 Å². The highest BCUT2D eigenvalue weighted by atomic mass is 32.1. The summed E-state index contributed by atoms with van der Waals surface area (Å²) in [6.07, 6.45) is 5.46. The van der Waals surface area contributed by atoms with Gasteiger partial charge in [-0.25, -0.2) is 0 Å². The molecule has 0 radical (unpaired) electrons. The molecular weight excluding hydrogens is 290 g/mol. The first-order valence-corrected chi connectivity index (χ1v) is 7.99. The van der Waals surface area contributed by atoms with Crippen LogP contribution in [0.5, 0.6) is 0 Å². The summed E-state index contributed by atoms with van der Waals surface area (Å²) < 4.78 is 2.00. The van der Waals surface area contributed by atoms with Gasteiger partial charge in [0.05, 0.1) is 5.38 Å².